The highest BCUT2D eigenvalue weighted by molar-refractivity contribution is 7.10. The fourth-order valence-corrected chi connectivity index (χ4v) is 4.33. The normalized spacial score (nSPS) is 16.4. The number of nitrogens with zero attached hydrogens (tertiary/aromatic N) is 1. The third-order valence-corrected chi connectivity index (χ3v) is 5.68. The lowest BCUT2D eigenvalue weighted by Gasteiger charge is -2.36. The quantitative estimate of drug-likeness (QED) is 0.694. The van der Waals surface area contributed by atoms with E-state index < -0.39 is 0 Å². The number of carbonyl (C=O) groups is 1. The molecule has 0 saturated carbocycles. The number of amides is 1. The first-order chi connectivity index (χ1) is 12.3. The molecule has 1 atom stereocenters. The maximum absolute atomic E-state index is 13.1. The lowest BCUT2D eigenvalue weighted by molar-refractivity contribution is 0.0696. The van der Waals surface area contributed by atoms with E-state index in [2.05, 4.69) is 23.6 Å². The predicted molar refractivity (Wildman–Crippen MR) is 100 cm³/mol. The van der Waals surface area contributed by atoms with E-state index in [0.29, 0.717) is 0 Å². The van der Waals surface area contributed by atoms with Crippen LogP contribution < -0.4 is 4.74 Å². The first kappa shape index (κ1) is 15.9. The summed E-state index contributed by atoms with van der Waals surface area (Å²) >= 11 is 1.78. The van der Waals surface area contributed by atoms with Gasteiger partial charge in [0.15, 0.2) is 0 Å². The number of methoxy groups -OCH3 is 1. The van der Waals surface area contributed by atoms with Crippen LogP contribution in [-0.2, 0) is 6.42 Å². The van der Waals surface area contributed by atoms with E-state index in [1.54, 1.807) is 18.4 Å². The fourth-order valence-electron chi connectivity index (χ4n) is 3.43. The number of rotatable bonds is 3. The lowest BCUT2D eigenvalue weighted by Crippen LogP contribution is -2.40. The summed E-state index contributed by atoms with van der Waals surface area (Å²) in [5.41, 5.74) is 3.09. The predicted octanol–water partition coefficient (Wildman–Crippen LogP) is 4.54. The molecule has 2 aromatic carbocycles. The van der Waals surface area contributed by atoms with Crippen molar-refractivity contribution in [1.29, 1.82) is 0 Å². The molecule has 0 saturated heterocycles. The molecule has 1 aromatic heterocycles. The Morgan fingerprint density at radius 3 is 2.56 bits per heavy atom. The van der Waals surface area contributed by atoms with Gasteiger partial charge in [0.25, 0.3) is 5.91 Å². The van der Waals surface area contributed by atoms with Gasteiger partial charge in [-0.05, 0) is 53.3 Å². The molecule has 0 spiro atoms. The molecule has 3 aromatic rings. The number of hydrogen-bond acceptors (Lipinski definition) is 3. The third-order valence-electron chi connectivity index (χ3n) is 4.68. The molecule has 0 radical (unpaired) electrons. The average Bonchev–Trinajstić information content (AvgIpc) is 3.16. The van der Waals surface area contributed by atoms with Gasteiger partial charge in [-0.2, -0.15) is 0 Å². The smallest absolute Gasteiger partial charge is 0.254 e. The fraction of sp³-hybridized carbons (Fsp3) is 0.190. The Morgan fingerprint density at radius 2 is 1.84 bits per heavy atom. The number of ether oxygens (including phenoxy) is 1. The van der Waals surface area contributed by atoms with Gasteiger partial charge in [0.1, 0.15) is 5.75 Å². The summed E-state index contributed by atoms with van der Waals surface area (Å²) in [5, 5.41) is 2.12. The van der Waals surface area contributed by atoms with Crippen LogP contribution in [-0.4, -0.2) is 24.5 Å². The maximum atomic E-state index is 13.1. The Hall–Kier alpha value is -2.59. The van der Waals surface area contributed by atoms with E-state index in [9.17, 15) is 4.79 Å². The molecule has 1 aliphatic heterocycles. The van der Waals surface area contributed by atoms with E-state index in [-0.39, 0.29) is 11.9 Å². The van der Waals surface area contributed by atoms with Gasteiger partial charge in [0.05, 0.1) is 13.2 Å². The second-order valence-corrected chi connectivity index (χ2v) is 7.09. The van der Waals surface area contributed by atoms with Crippen molar-refractivity contribution in [2.75, 3.05) is 13.7 Å². The van der Waals surface area contributed by atoms with Crippen molar-refractivity contribution in [3.63, 3.8) is 0 Å². The molecule has 2 heterocycles. The average molecular weight is 349 g/mol. The van der Waals surface area contributed by atoms with Crippen molar-refractivity contribution < 1.29 is 9.53 Å². The van der Waals surface area contributed by atoms with E-state index >= 15 is 0 Å². The van der Waals surface area contributed by atoms with Crippen molar-refractivity contribution in [1.82, 2.24) is 4.90 Å². The van der Waals surface area contributed by atoms with E-state index in [1.165, 1.54) is 10.4 Å². The minimum absolute atomic E-state index is 0.0476. The number of hydrogen-bond donors (Lipinski definition) is 0. The Kier molecular flexibility index (Phi) is 4.28. The van der Waals surface area contributed by atoms with Crippen LogP contribution >= 0.6 is 11.3 Å². The van der Waals surface area contributed by atoms with Crippen molar-refractivity contribution in [2.24, 2.45) is 0 Å². The molecular formula is C21H19NO2S. The molecule has 126 valence electrons. The van der Waals surface area contributed by atoms with Gasteiger partial charge in [0, 0.05) is 17.0 Å². The van der Waals surface area contributed by atoms with Gasteiger partial charge >= 0.3 is 0 Å². The SMILES string of the molecule is COc1ccc([C@H]2c3ccsc3CCN2C(=O)c2ccccc2)cc1. The molecule has 0 aliphatic carbocycles. The molecule has 0 bridgehead atoms. The van der Waals surface area contributed by atoms with E-state index in [1.807, 2.05) is 47.4 Å². The van der Waals surface area contributed by atoms with Crippen molar-refractivity contribution >= 4 is 17.2 Å². The Morgan fingerprint density at radius 1 is 1.08 bits per heavy atom. The summed E-state index contributed by atoms with van der Waals surface area (Å²) in [5.74, 6) is 0.907. The largest absolute Gasteiger partial charge is 0.497 e. The standard InChI is InChI=1S/C21H19NO2S/c1-24-17-9-7-15(8-10-17)20-18-12-14-25-19(18)11-13-22(20)21(23)16-5-3-2-4-6-16/h2-10,12,14,20H,11,13H2,1H3/t20-/m0/s1. The second-order valence-electron chi connectivity index (χ2n) is 6.09. The summed E-state index contributed by atoms with van der Waals surface area (Å²) in [4.78, 5) is 16.5. The molecule has 4 heteroatoms. The van der Waals surface area contributed by atoms with Crippen molar-refractivity contribution in [3.05, 3.63) is 87.6 Å². The summed E-state index contributed by atoms with van der Waals surface area (Å²) in [6, 6.07) is 19.7. The lowest BCUT2D eigenvalue weighted by atomic mass is 9.92. The zero-order valence-corrected chi connectivity index (χ0v) is 14.8. The molecule has 1 amide bonds. The zero-order valence-electron chi connectivity index (χ0n) is 14.0. The Balaban J connectivity index is 1.76. The van der Waals surface area contributed by atoms with Gasteiger partial charge in [-0.15, -0.1) is 11.3 Å². The minimum Gasteiger partial charge on any atom is -0.497 e. The molecule has 1 aliphatic rings. The van der Waals surface area contributed by atoms with Crippen molar-refractivity contribution in [3.8, 4) is 5.75 Å². The topological polar surface area (TPSA) is 29.5 Å². The van der Waals surface area contributed by atoms with E-state index in [4.69, 9.17) is 4.74 Å². The molecular weight excluding hydrogens is 330 g/mol. The summed E-state index contributed by atoms with van der Waals surface area (Å²) in [6.07, 6.45) is 0.915. The summed E-state index contributed by atoms with van der Waals surface area (Å²) < 4.78 is 5.28. The third kappa shape index (κ3) is 2.94. The monoisotopic (exact) mass is 349 g/mol. The van der Waals surface area contributed by atoms with Crippen LogP contribution in [0.3, 0.4) is 0 Å². The first-order valence-electron chi connectivity index (χ1n) is 8.34. The van der Waals surface area contributed by atoms with Gasteiger partial charge in [-0.3, -0.25) is 4.79 Å². The van der Waals surface area contributed by atoms with Gasteiger partial charge in [-0.25, -0.2) is 0 Å². The number of carbonyl (C=O) groups excluding carboxylic acids is 1. The van der Waals surface area contributed by atoms with Crippen molar-refractivity contribution in [2.45, 2.75) is 12.5 Å². The Labute approximate surface area is 151 Å². The number of fused-ring (bicyclic) bond motifs is 1. The summed E-state index contributed by atoms with van der Waals surface area (Å²) in [7, 11) is 1.66. The highest BCUT2D eigenvalue weighted by atomic mass is 32.1. The number of benzene rings is 2. The molecule has 0 fully saturated rings. The molecule has 0 unspecified atom stereocenters. The van der Waals surface area contributed by atoms with Crippen LogP contribution in [0.25, 0.3) is 0 Å². The highest BCUT2D eigenvalue weighted by Gasteiger charge is 2.33. The molecule has 4 rings (SSSR count). The number of thiophene rings is 1. The van der Waals surface area contributed by atoms with Crippen LogP contribution in [0.1, 0.15) is 32.4 Å². The van der Waals surface area contributed by atoms with Crippen LogP contribution in [0, 0.1) is 0 Å². The second kappa shape index (κ2) is 6.73. The van der Waals surface area contributed by atoms with Gasteiger partial charge < -0.3 is 9.64 Å². The first-order valence-corrected chi connectivity index (χ1v) is 9.22. The zero-order chi connectivity index (χ0) is 17.2. The maximum Gasteiger partial charge on any atom is 0.254 e. The molecule has 0 N–H and O–H groups in total. The van der Waals surface area contributed by atoms with Crippen LogP contribution in [0.4, 0.5) is 0 Å². The van der Waals surface area contributed by atoms with Crippen LogP contribution in [0.15, 0.2) is 66.0 Å². The van der Waals surface area contributed by atoms with Gasteiger partial charge in [0.2, 0.25) is 0 Å². The van der Waals surface area contributed by atoms with Crippen LogP contribution in [0.2, 0.25) is 0 Å². The molecule has 3 nitrogen and oxygen atoms in total. The highest BCUT2D eigenvalue weighted by Crippen LogP contribution is 2.38. The summed E-state index contributed by atoms with van der Waals surface area (Å²) in [6.45, 7) is 0.734. The van der Waals surface area contributed by atoms with Crippen LogP contribution in [0.5, 0.6) is 5.75 Å². The van der Waals surface area contributed by atoms with Gasteiger partial charge in [-0.1, -0.05) is 30.3 Å². The minimum atomic E-state index is -0.0476. The molecule has 25 heavy (non-hydrogen) atoms. The Bertz CT molecular complexity index is 870. The van der Waals surface area contributed by atoms with E-state index in [0.717, 1.165) is 29.8 Å².